The maximum Gasteiger partial charge on any atom is 0.416 e. The van der Waals surface area contributed by atoms with E-state index >= 15 is 0 Å². The van der Waals surface area contributed by atoms with Crippen molar-refractivity contribution < 1.29 is 23.1 Å². The summed E-state index contributed by atoms with van der Waals surface area (Å²) >= 11 is 5.36. The van der Waals surface area contributed by atoms with E-state index in [9.17, 15) is 18.0 Å². The van der Waals surface area contributed by atoms with Gasteiger partial charge in [-0.25, -0.2) is 0 Å². The lowest BCUT2D eigenvalue weighted by atomic mass is 10.0. The van der Waals surface area contributed by atoms with Crippen LogP contribution in [0.4, 0.5) is 13.2 Å². The highest BCUT2D eigenvalue weighted by atomic mass is 35.5. The van der Waals surface area contributed by atoms with Crippen LogP contribution in [0.3, 0.4) is 0 Å². The van der Waals surface area contributed by atoms with Crippen LogP contribution in [0.15, 0.2) is 34.9 Å². The Bertz CT molecular complexity index is 350. The molecule has 0 aromatic carbocycles. The van der Waals surface area contributed by atoms with Gasteiger partial charge < -0.3 is 5.11 Å². The molecule has 0 aliphatic carbocycles. The van der Waals surface area contributed by atoms with E-state index < -0.39 is 29.7 Å². The molecule has 90 valence electrons. The number of carboxylic acid groups (broad SMARTS) is 1. The van der Waals surface area contributed by atoms with E-state index in [0.717, 1.165) is 6.08 Å². The van der Waals surface area contributed by atoms with Crippen LogP contribution in [0.2, 0.25) is 0 Å². The first-order valence-electron chi connectivity index (χ1n) is 4.17. The minimum Gasteiger partial charge on any atom is -0.481 e. The monoisotopic (exact) mass is 254 g/mol. The van der Waals surface area contributed by atoms with E-state index in [1.807, 2.05) is 0 Å². The summed E-state index contributed by atoms with van der Waals surface area (Å²) in [5.74, 6) is -1.36. The number of rotatable bonds is 4. The summed E-state index contributed by atoms with van der Waals surface area (Å²) in [5.41, 5.74) is -1.50. The number of hydrogen-bond donors (Lipinski definition) is 1. The average molecular weight is 255 g/mol. The molecule has 0 saturated carbocycles. The summed E-state index contributed by atoms with van der Waals surface area (Å²) in [6.07, 6.45) is -3.86. The molecule has 2 nitrogen and oxygen atoms in total. The van der Waals surface area contributed by atoms with Crippen molar-refractivity contribution >= 4 is 17.6 Å². The number of alkyl halides is 3. The van der Waals surface area contributed by atoms with Crippen molar-refractivity contribution in [2.24, 2.45) is 0 Å². The molecule has 0 heterocycles. The van der Waals surface area contributed by atoms with Gasteiger partial charge in [-0.2, -0.15) is 13.2 Å². The molecule has 0 aromatic heterocycles. The Morgan fingerprint density at radius 1 is 1.50 bits per heavy atom. The second-order valence-electron chi connectivity index (χ2n) is 2.94. The van der Waals surface area contributed by atoms with Crippen LogP contribution in [0, 0.1) is 0 Å². The van der Waals surface area contributed by atoms with Crippen molar-refractivity contribution in [3.63, 3.8) is 0 Å². The van der Waals surface area contributed by atoms with Crippen LogP contribution in [0.1, 0.15) is 13.3 Å². The van der Waals surface area contributed by atoms with Crippen molar-refractivity contribution in [3.8, 4) is 0 Å². The number of hydrogen-bond acceptors (Lipinski definition) is 1. The maximum absolute atomic E-state index is 12.6. The maximum atomic E-state index is 12.6. The van der Waals surface area contributed by atoms with Gasteiger partial charge in [0, 0.05) is 5.03 Å². The number of carboxylic acids is 1. The van der Waals surface area contributed by atoms with Crippen LogP contribution in [0.25, 0.3) is 0 Å². The largest absolute Gasteiger partial charge is 0.481 e. The highest BCUT2D eigenvalue weighted by molar-refractivity contribution is 6.29. The summed E-state index contributed by atoms with van der Waals surface area (Å²) in [7, 11) is 0. The number of allylic oxidation sites excluding steroid dienone is 4. The third-order valence-corrected chi connectivity index (χ3v) is 1.69. The first-order valence-corrected chi connectivity index (χ1v) is 4.54. The number of carbonyl (C=O) groups is 1. The van der Waals surface area contributed by atoms with Crippen molar-refractivity contribution in [3.05, 3.63) is 34.9 Å². The smallest absolute Gasteiger partial charge is 0.416 e. The number of aliphatic carboxylic acids is 1. The molecule has 0 unspecified atom stereocenters. The zero-order valence-electron chi connectivity index (χ0n) is 8.44. The Morgan fingerprint density at radius 2 is 2.00 bits per heavy atom. The quantitative estimate of drug-likeness (QED) is 0.778. The molecule has 0 aliphatic rings. The fraction of sp³-hybridized carbons (Fsp3) is 0.300. The molecule has 6 heteroatoms. The van der Waals surface area contributed by atoms with Crippen LogP contribution in [0.5, 0.6) is 0 Å². The van der Waals surface area contributed by atoms with Gasteiger partial charge in [0.05, 0.1) is 12.0 Å². The standard InChI is InChI=1S/C10H10ClF3O2/c1-3-7(5-9(15)16)8(4-6(2)11)10(12,13)14/h3-4H,1,5H2,2H3,(H,15,16)/b6-4+,8-7-. The van der Waals surface area contributed by atoms with Crippen molar-refractivity contribution in [1.82, 2.24) is 0 Å². The lowest BCUT2D eigenvalue weighted by molar-refractivity contribution is -0.136. The molecule has 0 amide bonds. The molecular weight excluding hydrogens is 245 g/mol. The predicted octanol–water partition coefficient (Wildman–Crippen LogP) is 3.65. The molecule has 0 fully saturated rings. The third-order valence-electron chi connectivity index (χ3n) is 1.58. The fourth-order valence-electron chi connectivity index (χ4n) is 0.996. The van der Waals surface area contributed by atoms with Crippen molar-refractivity contribution in [2.45, 2.75) is 19.5 Å². The minimum atomic E-state index is -4.66. The summed E-state index contributed by atoms with van der Waals surface area (Å²) in [4.78, 5) is 10.4. The first-order chi connectivity index (χ1) is 7.18. The van der Waals surface area contributed by atoms with E-state index in [4.69, 9.17) is 16.7 Å². The molecule has 0 bridgehead atoms. The second-order valence-corrected chi connectivity index (χ2v) is 3.54. The van der Waals surface area contributed by atoms with Crippen LogP contribution >= 0.6 is 11.6 Å². The van der Waals surface area contributed by atoms with Gasteiger partial charge in [-0.05, 0) is 18.6 Å². The minimum absolute atomic E-state index is 0.0861. The summed E-state index contributed by atoms with van der Waals surface area (Å²) in [5, 5.41) is 8.37. The molecule has 0 rings (SSSR count). The Labute approximate surface area is 95.7 Å². The van der Waals surface area contributed by atoms with Gasteiger partial charge in [-0.15, -0.1) is 0 Å². The fourth-order valence-corrected chi connectivity index (χ4v) is 1.10. The van der Waals surface area contributed by atoms with Crippen molar-refractivity contribution in [1.29, 1.82) is 0 Å². The van der Waals surface area contributed by atoms with Gasteiger partial charge in [-0.1, -0.05) is 24.3 Å². The normalized spacial score (nSPS) is 14.4. The van der Waals surface area contributed by atoms with Crippen LogP contribution < -0.4 is 0 Å². The first kappa shape index (κ1) is 14.8. The highest BCUT2D eigenvalue weighted by Crippen LogP contribution is 2.32. The van der Waals surface area contributed by atoms with Gasteiger partial charge in [0.25, 0.3) is 0 Å². The van der Waals surface area contributed by atoms with Crippen LogP contribution in [-0.4, -0.2) is 17.3 Å². The zero-order chi connectivity index (χ0) is 12.9. The van der Waals surface area contributed by atoms with E-state index in [2.05, 4.69) is 6.58 Å². The van der Waals surface area contributed by atoms with Gasteiger partial charge in [0.2, 0.25) is 0 Å². The molecular formula is C10H10ClF3O2. The summed E-state index contributed by atoms with van der Waals surface area (Å²) in [6, 6.07) is 0. The Morgan fingerprint density at radius 3 is 2.25 bits per heavy atom. The topological polar surface area (TPSA) is 37.3 Å². The Kier molecular flexibility index (Phi) is 5.30. The molecule has 0 aromatic rings. The lowest BCUT2D eigenvalue weighted by Gasteiger charge is -2.11. The molecule has 1 N–H and O–H groups in total. The van der Waals surface area contributed by atoms with Gasteiger partial charge >= 0.3 is 12.1 Å². The third kappa shape index (κ3) is 5.02. The van der Waals surface area contributed by atoms with Gasteiger partial charge in [-0.3, -0.25) is 4.79 Å². The molecule has 0 spiro atoms. The van der Waals surface area contributed by atoms with Gasteiger partial charge in [0.1, 0.15) is 0 Å². The Hall–Kier alpha value is -1.23. The Balaban J connectivity index is 5.58. The molecule has 16 heavy (non-hydrogen) atoms. The predicted molar refractivity (Wildman–Crippen MR) is 55.1 cm³/mol. The summed E-state index contributed by atoms with van der Waals surface area (Å²) in [6.45, 7) is 4.43. The van der Waals surface area contributed by atoms with Crippen LogP contribution in [-0.2, 0) is 4.79 Å². The molecule has 0 atom stereocenters. The number of halogens is 4. The van der Waals surface area contributed by atoms with Gasteiger partial charge in [0.15, 0.2) is 0 Å². The summed E-state index contributed by atoms with van der Waals surface area (Å²) < 4.78 is 37.7. The average Bonchev–Trinajstić information content (AvgIpc) is 2.08. The van der Waals surface area contributed by atoms with Crippen molar-refractivity contribution in [2.75, 3.05) is 0 Å². The lowest BCUT2D eigenvalue weighted by Crippen LogP contribution is -2.14. The van der Waals surface area contributed by atoms with E-state index in [-0.39, 0.29) is 5.03 Å². The van der Waals surface area contributed by atoms with E-state index in [1.165, 1.54) is 6.92 Å². The zero-order valence-corrected chi connectivity index (χ0v) is 9.19. The SMILES string of the molecule is C=C/C(CC(=O)O)=C(\C=C(/C)Cl)C(F)(F)F. The van der Waals surface area contributed by atoms with E-state index in [1.54, 1.807) is 0 Å². The molecule has 0 saturated heterocycles. The molecule has 0 aliphatic heterocycles. The second kappa shape index (κ2) is 5.75. The van der Waals surface area contributed by atoms with E-state index in [0.29, 0.717) is 6.08 Å². The highest BCUT2D eigenvalue weighted by Gasteiger charge is 2.34. The molecule has 0 radical (unpaired) electrons.